The SMILES string of the molecule is NC(C(=O)NC1CCN(c2cccc(OC(F)(F)F)c2)C1)c1ccccc1. The maximum absolute atomic E-state index is 12.4. The molecule has 0 spiro atoms. The third kappa shape index (κ3) is 5.13. The van der Waals surface area contributed by atoms with E-state index in [2.05, 4.69) is 10.1 Å². The van der Waals surface area contributed by atoms with Crippen molar-refractivity contribution in [3.63, 3.8) is 0 Å². The zero-order chi connectivity index (χ0) is 19.4. The van der Waals surface area contributed by atoms with E-state index in [9.17, 15) is 18.0 Å². The Kier molecular flexibility index (Phi) is 5.55. The summed E-state index contributed by atoms with van der Waals surface area (Å²) in [5.74, 6) is -0.541. The molecule has 1 aliphatic heterocycles. The van der Waals surface area contributed by atoms with Gasteiger partial charge in [-0.05, 0) is 24.1 Å². The highest BCUT2D eigenvalue weighted by atomic mass is 19.4. The molecule has 0 radical (unpaired) electrons. The summed E-state index contributed by atoms with van der Waals surface area (Å²) in [6.45, 7) is 1.10. The average Bonchev–Trinajstić information content (AvgIpc) is 3.09. The van der Waals surface area contributed by atoms with Crippen LogP contribution in [-0.4, -0.2) is 31.4 Å². The number of hydrogen-bond donors (Lipinski definition) is 2. The third-order valence-corrected chi connectivity index (χ3v) is 4.39. The minimum absolute atomic E-state index is 0.126. The van der Waals surface area contributed by atoms with Gasteiger partial charge >= 0.3 is 6.36 Å². The summed E-state index contributed by atoms with van der Waals surface area (Å²) in [5.41, 5.74) is 7.33. The monoisotopic (exact) mass is 379 g/mol. The van der Waals surface area contributed by atoms with Crippen LogP contribution < -0.4 is 20.7 Å². The van der Waals surface area contributed by atoms with Crippen molar-refractivity contribution in [1.82, 2.24) is 5.32 Å². The minimum atomic E-state index is -4.73. The van der Waals surface area contributed by atoms with E-state index in [-0.39, 0.29) is 17.7 Å². The molecule has 1 amide bonds. The van der Waals surface area contributed by atoms with Crippen LogP contribution in [0.2, 0.25) is 0 Å². The molecule has 2 unspecified atom stereocenters. The number of alkyl halides is 3. The van der Waals surface area contributed by atoms with Crippen LogP contribution >= 0.6 is 0 Å². The Hall–Kier alpha value is -2.74. The summed E-state index contributed by atoms with van der Waals surface area (Å²) in [6, 6.07) is 14.0. The van der Waals surface area contributed by atoms with Crippen LogP contribution in [0.15, 0.2) is 54.6 Å². The van der Waals surface area contributed by atoms with Gasteiger partial charge < -0.3 is 20.7 Å². The summed E-state index contributed by atoms with van der Waals surface area (Å²) < 4.78 is 41.1. The van der Waals surface area contributed by atoms with E-state index in [1.807, 2.05) is 23.1 Å². The highest BCUT2D eigenvalue weighted by Gasteiger charge is 2.32. The standard InChI is InChI=1S/C19H20F3N3O2/c20-19(21,22)27-16-8-4-7-15(11-16)25-10-9-14(12-25)24-18(26)17(23)13-5-2-1-3-6-13/h1-8,11,14,17H,9-10,12,23H2,(H,24,26). The van der Waals surface area contributed by atoms with Gasteiger partial charge in [0.1, 0.15) is 11.8 Å². The van der Waals surface area contributed by atoms with E-state index in [1.165, 1.54) is 18.2 Å². The number of anilines is 1. The molecule has 0 bridgehead atoms. The van der Waals surface area contributed by atoms with Crippen molar-refractivity contribution < 1.29 is 22.7 Å². The van der Waals surface area contributed by atoms with Gasteiger partial charge in [0.25, 0.3) is 0 Å². The van der Waals surface area contributed by atoms with Crippen LogP contribution in [0.25, 0.3) is 0 Å². The van der Waals surface area contributed by atoms with Gasteiger partial charge in [-0.15, -0.1) is 13.2 Å². The molecule has 0 aromatic heterocycles. The molecule has 144 valence electrons. The number of nitrogens with one attached hydrogen (secondary N) is 1. The number of halogens is 3. The number of carbonyl (C=O) groups excluding carboxylic acids is 1. The topological polar surface area (TPSA) is 67.6 Å². The van der Waals surface area contributed by atoms with E-state index in [1.54, 1.807) is 18.2 Å². The second-order valence-electron chi connectivity index (χ2n) is 6.37. The Labute approximate surface area is 154 Å². The van der Waals surface area contributed by atoms with Crippen LogP contribution in [0, 0.1) is 0 Å². The normalized spacial score (nSPS) is 18.2. The van der Waals surface area contributed by atoms with Crippen molar-refractivity contribution in [3.05, 3.63) is 60.2 Å². The van der Waals surface area contributed by atoms with Gasteiger partial charge in [0.05, 0.1) is 0 Å². The molecule has 27 heavy (non-hydrogen) atoms. The Morgan fingerprint density at radius 2 is 1.93 bits per heavy atom. The summed E-state index contributed by atoms with van der Waals surface area (Å²) in [5, 5.41) is 2.91. The average molecular weight is 379 g/mol. The van der Waals surface area contributed by atoms with Crippen molar-refractivity contribution in [1.29, 1.82) is 0 Å². The van der Waals surface area contributed by atoms with Crippen molar-refractivity contribution in [2.45, 2.75) is 24.9 Å². The molecular weight excluding hydrogens is 359 g/mol. The Bertz CT molecular complexity index is 783. The van der Waals surface area contributed by atoms with Crippen molar-refractivity contribution >= 4 is 11.6 Å². The number of rotatable bonds is 5. The summed E-state index contributed by atoms with van der Waals surface area (Å²) in [4.78, 5) is 14.3. The number of nitrogens with zero attached hydrogens (tertiary/aromatic N) is 1. The second-order valence-corrected chi connectivity index (χ2v) is 6.37. The van der Waals surface area contributed by atoms with E-state index in [0.29, 0.717) is 25.2 Å². The van der Waals surface area contributed by atoms with Crippen molar-refractivity contribution in [2.24, 2.45) is 5.73 Å². The van der Waals surface area contributed by atoms with Crippen LogP contribution in [0.5, 0.6) is 5.75 Å². The summed E-state index contributed by atoms with van der Waals surface area (Å²) in [6.07, 6.45) is -4.05. The molecule has 2 aromatic carbocycles. The molecule has 0 saturated carbocycles. The zero-order valence-electron chi connectivity index (χ0n) is 14.4. The Balaban J connectivity index is 1.59. The van der Waals surface area contributed by atoms with E-state index in [0.717, 1.165) is 5.56 Å². The number of amides is 1. The molecule has 1 fully saturated rings. The first-order chi connectivity index (χ1) is 12.8. The van der Waals surface area contributed by atoms with E-state index >= 15 is 0 Å². The first-order valence-corrected chi connectivity index (χ1v) is 8.53. The number of hydrogen-bond acceptors (Lipinski definition) is 4. The zero-order valence-corrected chi connectivity index (χ0v) is 14.4. The van der Waals surface area contributed by atoms with Gasteiger partial charge in [0, 0.05) is 30.9 Å². The van der Waals surface area contributed by atoms with Crippen LogP contribution in [0.4, 0.5) is 18.9 Å². The predicted octanol–water partition coefficient (Wildman–Crippen LogP) is 2.98. The molecule has 1 heterocycles. The largest absolute Gasteiger partial charge is 0.573 e. The van der Waals surface area contributed by atoms with Gasteiger partial charge in [0.15, 0.2) is 0 Å². The lowest BCUT2D eigenvalue weighted by Crippen LogP contribution is -2.42. The Morgan fingerprint density at radius 1 is 1.19 bits per heavy atom. The quantitative estimate of drug-likeness (QED) is 0.838. The van der Waals surface area contributed by atoms with Gasteiger partial charge in [0.2, 0.25) is 5.91 Å². The predicted molar refractivity (Wildman–Crippen MR) is 95.3 cm³/mol. The summed E-state index contributed by atoms with van der Waals surface area (Å²) in [7, 11) is 0. The maximum atomic E-state index is 12.4. The van der Waals surface area contributed by atoms with Crippen molar-refractivity contribution in [3.8, 4) is 5.75 Å². The smallest absolute Gasteiger partial charge is 0.406 e. The molecule has 2 atom stereocenters. The lowest BCUT2D eigenvalue weighted by Gasteiger charge is -2.21. The van der Waals surface area contributed by atoms with E-state index in [4.69, 9.17) is 5.73 Å². The van der Waals surface area contributed by atoms with Gasteiger partial charge in [-0.3, -0.25) is 4.79 Å². The molecule has 8 heteroatoms. The van der Waals surface area contributed by atoms with Gasteiger partial charge in [-0.25, -0.2) is 0 Å². The first-order valence-electron chi connectivity index (χ1n) is 8.53. The molecule has 2 aromatic rings. The molecular formula is C19H20F3N3O2. The van der Waals surface area contributed by atoms with Gasteiger partial charge in [-0.2, -0.15) is 0 Å². The second kappa shape index (κ2) is 7.87. The molecule has 0 aliphatic carbocycles. The fraction of sp³-hybridized carbons (Fsp3) is 0.316. The highest BCUT2D eigenvalue weighted by Crippen LogP contribution is 2.28. The number of ether oxygens (including phenoxy) is 1. The molecule has 1 aliphatic rings. The Morgan fingerprint density at radius 3 is 2.63 bits per heavy atom. The highest BCUT2D eigenvalue weighted by molar-refractivity contribution is 5.83. The lowest BCUT2D eigenvalue weighted by molar-refractivity contribution is -0.274. The van der Waals surface area contributed by atoms with Gasteiger partial charge in [-0.1, -0.05) is 36.4 Å². The van der Waals surface area contributed by atoms with Crippen LogP contribution in [0.1, 0.15) is 18.0 Å². The van der Waals surface area contributed by atoms with Crippen molar-refractivity contribution in [2.75, 3.05) is 18.0 Å². The molecule has 5 nitrogen and oxygen atoms in total. The van der Waals surface area contributed by atoms with Crippen LogP contribution in [-0.2, 0) is 4.79 Å². The fourth-order valence-corrected chi connectivity index (χ4v) is 3.09. The number of benzene rings is 2. The number of carbonyl (C=O) groups is 1. The molecule has 1 saturated heterocycles. The maximum Gasteiger partial charge on any atom is 0.573 e. The lowest BCUT2D eigenvalue weighted by atomic mass is 10.1. The summed E-state index contributed by atoms with van der Waals surface area (Å²) >= 11 is 0. The van der Waals surface area contributed by atoms with Crippen LogP contribution in [0.3, 0.4) is 0 Å². The fourth-order valence-electron chi connectivity index (χ4n) is 3.09. The molecule has 3 N–H and O–H groups in total. The first kappa shape index (κ1) is 19.0. The minimum Gasteiger partial charge on any atom is -0.406 e. The number of nitrogens with two attached hydrogens (primary N) is 1. The van der Waals surface area contributed by atoms with E-state index < -0.39 is 12.4 Å². The third-order valence-electron chi connectivity index (χ3n) is 4.39. The molecule has 3 rings (SSSR count).